The van der Waals surface area contributed by atoms with Crippen molar-refractivity contribution in [2.45, 2.75) is 251 Å². The van der Waals surface area contributed by atoms with E-state index in [0.717, 1.165) is 19.3 Å². The summed E-state index contributed by atoms with van der Waals surface area (Å²) in [5.41, 5.74) is 0. The van der Waals surface area contributed by atoms with Crippen LogP contribution in [0.2, 0.25) is 0 Å². The molecule has 0 saturated carbocycles. The Morgan fingerprint density at radius 1 is 0.469 bits per heavy atom. The number of allylic oxidation sites excluding steroid dienone is 2. The molecule has 49 heavy (non-hydrogen) atoms. The Morgan fingerprint density at radius 2 is 0.816 bits per heavy atom. The van der Waals surface area contributed by atoms with E-state index in [1.807, 2.05) is 0 Å². The molecule has 0 radical (unpaired) electrons. The molecule has 0 aromatic heterocycles. The minimum Gasteiger partial charge on any atom is -0.457 e. The minimum absolute atomic E-state index is 0.170. The molecule has 0 heterocycles. The van der Waals surface area contributed by atoms with Crippen LogP contribution in [-0.4, -0.2) is 37.0 Å². The molecular weight excluding hydrogens is 604 g/mol. The van der Waals surface area contributed by atoms with Gasteiger partial charge in [-0.25, -0.2) is 0 Å². The zero-order valence-electron chi connectivity index (χ0n) is 33.5. The molecule has 0 fully saturated rings. The van der Waals surface area contributed by atoms with Crippen LogP contribution in [0.4, 0.5) is 0 Å². The smallest absolute Gasteiger partial charge is 0.306 e. The molecule has 0 saturated heterocycles. The Kier molecular flexibility index (Phi) is 42.5. The number of unbranched alkanes of at least 4 members (excludes halogenated alkanes) is 32. The van der Waals surface area contributed by atoms with E-state index in [4.69, 9.17) is 9.47 Å². The number of aliphatic hydroxyl groups excluding tert-OH is 1. The van der Waals surface area contributed by atoms with Crippen LogP contribution in [-0.2, 0) is 14.3 Å². The maximum atomic E-state index is 12.1. The Balaban J connectivity index is 3.30. The Bertz CT molecular complexity index is 648. The van der Waals surface area contributed by atoms with Crippen molar-refractivity contribution >= 4 is 5.97 Å². The van der Waals surface area contributed by atoms with E-state index in [1.165, 1.54) is 205 Å². The molecule has 1 N–H and O–H groups in total. The van der Waals surface area contributed by atoms with Crippen molar-refractivity contribution in [3.05, 3.63) is 12.2 Å². The third kappa shape index (κ3) is 41.4. The molecule has 292 valence electrons. The minimum atomic E-state index is -0.531. The highest BCUT2D eigenvalue weighted by atomic mass is 16.6. The van der Waals surface area contributed by atoms with E-state index in [9.17, 15) is 9.90 Å². The van der Waals surface area contributed by atoms with Gasteiger partial charge >= 0.3 is 5.97 Å². The number of hydrogen-bond donors (Lipinski definition) is 1. The summed E-state index contributed by atoms with van der Waals surface area (Å²) in [6, 6.07) is 0. The van der Waals surface area contributed by atoms with Crippen LogP contribution in [0.5, 0.6) is 0 Å². The van der Waals surface area contributed by atoms with E-state index in [2.05, 4.69) is 26.0 Å². The molecule has 0 bridgehead atoms. The summed E-state index contributed by atoms with van der Waals surface area (Å²) in [5.74, 6) is -0.207. The molecule has 0 aliphatic heterocycles. The SMILES string of the molecule is CCCC/C=C\CCCCCCCC(=O)OC(CO)COCCCCCCCCCCCCCCCCCCCCCCCCCCCC. The van der Waals surface area contributed by atoms with Gasteiger partial charge in [0.25, 0.3) is 0 Å². The van der Waals surface area contributed by atoms with Crippen LogP contribution < -0.4 is 0 Å². The molecule has 4 heteroatoms. The molecule has 0 aliphatic carbocycles. The molecule has 0 rings (SSSR count). The third-order valence-corrected chi connectivity index (χ3v) is 10.1. The fourth-order valence-corrected chi connectivity index (χ4v) is 6.72. The van der Waals surface area contributed by atoms with Crippen LogP contribution in [0, 0.1) is 0 Å². The Labute approximate surface area is 307 Å². The van der Waals surface area contributed by atoms with Gasteiger partial charge in [0.05, 0.1) is 13.2 Å². The summed E-state index contributed by atoms with van der Waals surface area (Å²) in [5, 5.41) is 9.57. The highest BCUT2D eigenvalue weighted by Gasteiger charge is 2.13. The van der Waals surface area contributed by atoms with Gasteiger partial charge in [0.1, 0.15) is 6.10 Å². The van der Waals surface area contributed by atoms with Gasteiger partial charge in [-0.05, 0) is 32.1 Å². The lowest BCUT2D eigenvalue weighted by atomic mass is 10.0. The lowest BCUT2D eigenvalue weighted by Gasteiger charge is -2.15. The van der Waals surface area contributed by atoms with Crippen molar-refractivity contribution in [2.75, 3.05) is 19.8 Å². The van der Waals surface area contributed by atoms with Crippen LogP contribution in [0.3, 0.4) is 0 Å². The average Bonchev–Trinajstić information content (AvgIpc) is 3.11. The Morgan fingerprint density at radius 3 is 1.22 bits per heavy atom. The highest BCUT2D eigenvalue weighted by molar-refractivity contribution is 5.69. The van der Waals surface area contributed by atoms with Crippen molar-refractivity contribution in [2.24, 2.45) is 0 Å². The van der Waals surface area contributed by atoms with Crippen molar-refractivity contribution in [1.29, 1.82) is 0 Å². The fourth-order valence-electron chi connectivity index (χ4n) is 6.72. The summed E-state index contributed by atoms with van der Waals surface area (Å²) in [7, 11) is 0. The first-order valence-corrected chi connectivity index (χ1v) is 22.3. The molecule has 4 nitrogen and oxygen atoms in total. The van der Waals surface area contributed by atoms with E-state index < -0.39 is 6.10 Å². The van der Waals surface area contributed by atoms with Crippen molar-refractivity contribution in [1.82, 2.24) is 0 Å². The predicted molar refractivity (Wildman–Crippen MR) is 214 cm³/mol. The van der Waals surface area contributed by atoms with Crippen LogP contribution >= 0.6 is 0 Å². The number of carbonyl (C=O) groups excluding carboxylic acids is 1. The van der Waals surface area contributed by atoms with Crippen LogP contribution in [0.25, 0.3) is 0 Å². The van der Waals surface area contributed by atoms with E-state index in [-0.39, 0.29) is 12.6 Å². The monoisotopic (exact) mass is 693 g/mol. The maximum absolute atomic E-state index is 12.1. The van der Waals surface area contributed by atoms with Gasteiger partial charge < -0.3 is 14.6 Å². The second-order valence-corrected chi connectivity index (χ2v) is 15.1. The first-order chi connectivity index (χ1) is 24.2. The van der Waals surface area contributed by atoms with Crippen molar-refractivity contribution in [3.63, 3.8) is 0 Å². The van der Waals surface area contributed by atoms with Gasteiger partial charge in [-0.2, -0.15) is 0 Å². The standard InChI is InChI=1S/C45H88O4/c1-3-5-7-9-11-13-15-16-17-18-19-20-21-22-23-24-25-26-27-28-29-31-33-35-37-39-41-48-43-44(42-46)49-45(47)40-38-36-34-32-30-14-12-10-8-6-4-2/h10,12,44,46H,3-9,11,13-43H2,1-2H3/b12-10-. The van der Waals surface area contributed by atoms with Crippen molar-refractivity contribution in [3.8, 4) is 0 Å². The molecular formula is C45H88O4. The average molecular weight is 693 g/mol. The largest absolute Gasteiger partial charge is 0.457 e. The van der Waals surface area contributed by atoms with Gasteiger partial charge in [0, 0.05) is 13.0 Å². The summed E-state index contributed by atoms with van der Waals surface area (Å²) in [6.07, 6.45) is 51.5. The number of esters is 1. The van der Waals surface area contributed by atoms with Crippen molar-refractivity contribution < 1.29 is 19.4 Å². The summed E-state index contributed by atoms with van der Waals surface area (Å²) >= 11 is 0. The molecule has 1 atom stereocenters. The quantitative estimate of drug-likeness (QED) is 0.0393. The van der Waals surface area contributed by atoms with E-state index in [0.29, 0.717) is 19.6 Å². The number of aliphatic hydroxyl groups is 1. The second-order valence-electron chi connectivity index (χ2n) is 15.1. The van der Waals surface area contributed by atoms with E-state index >= 15 is 0 Å². The molecule has 0 spiro atoms. The maximum Gasteiger partial charge on any atom is 0.306 e. The number of rotatable bonds is 42. The normalized spacial score (nSPS) is 12.3. The molecule has 0 aliphatic rings. The lowest BCUT2D eigenvalue weighted by Crippen LogP contribution is -2.27. The van der Waals surface area contributed by atoms with Gasteiger partial charge in [0.15, 0.2) is 0 Å². The predicted octanol–water partition coefficient (Wildman–Crippen LogP) is 14.5. The lowest BCUT2D eigenvalue weighted by molar-refractivity contribution is -0.154. The second kappa shape index (κ2) is 43.3. The first-order valence-electron chi connectivity index (χ1n) is 22.3. The molecule has 0 aromatic carbocycles. The first kappa shape index (κ1) is 48.1. The number of carbonyl (C=O) groups is 1. The number of ether oxygens (including phenoxy) is 2. The van der Waals surface area contributed by atoms with Gasteiger partial charge in [0.2, 0.25) is 0 Å². The topological polar surface area (TPSA) is 55.8 Å². The van der Waals surface area contributed by atoms with Gasteiger partial charge in [-0.15, -0.1) is 0 Å². The van der Waals surface area contributed by atoms with Gasteiger partial charge in [-0.3, -0.25) is 4.79 Å². The van der Waals surface area contributed by atoms with Crippen LogP contribution in [0.15, 0.2) is 12.2 Å². The zero-order valence-corrected chi connectivity index (χ0v) is 33.5. The molecule has 0 amide bonds. The zero-order chi connectivity index (χ0) is 35.6. The summed E-state index contributed by atoms with van der Waals surface area (Å²) < 4.78 is 11.1. The molecule has 1 unspecified atom stereocenters. The third-order valence-electron chi connectivity index (χ3n) is 10.1. The fraction of sp³-hybridized carbons (Fsp3) is 0.933. The highest BCUT2D eigenvalue weighted by Crippen LogP contribution is 2.16. The van der Waals surface area contributed by atoms with Crippen LogP contribution in [0.1, 0.15) is 245 Å². The molecule has 0 aromatic rings. The summed E-state index contributed by atoms with van der Waals surface area (Å²) in [4.78, 5) is 12.1. The number of hydrogen-bond acceptors (Lipinski definition) is 4. The summed E-state index contributed by atoms with van der Waals surface area (Å²) in [6.45, 7) is 5.34. The van der Waals surface area contributed by atoms with E-state index in [1.54, 1.807) is 0 Å². The Hall–Kier alpha value is -0.870. The van der Waals surface area contributed by atoms with Gasteiger partial charge in [-0.1, -0.05) is 219 Å².